The maximum absolute atomic E-state index is 13.6. The molecule has 0 bridgehead atoms. The van der Waals surface area contributed by atoms with E-state index in [9.17, 15) is 24.0 Å². The summed E-state index contributed by atoms with van der Waals surface area (Å²) in [6.45, 7) is 9.99. The molecule has 1 aromatic heterocycles. The Morgan fingerprint density at radius 3 is 2.21 bits per heavy atom. The van der Waals surface area contributed by atoms with Crippen LogP contribution in [0.25, 0.3) is 5.70 Å². The van der Waals surface area contributed by atoms with Crippen molar-refractivity contribution in [1.29, 1.82) is 0 Å². The zero-order valence-electron chi connectivity index (χ0n) is 45.2. The lowest BCUT2D eigenvalue weighted by molar-refractivity contribution is -0.137. The largest absolute Gasteiger partial charge is 0.494 e. The van der Waals surface area contributed by atoms with Crippen LogP contribution in [0.2, 0.25) is 0 Å². The number of anilines is 2. The average molecular weight is 1070 g/mol. The Balaban J connectivity index is 0.623. The second-order valence-corrected chi connectivity index (χ2v) is 20.4. The molecule has 3 aromatic carbocycles. The molecule has 2 unspecified atom stereocenters. The van der Waals surface area contributed by atoms with Crippen LogP contribution in [0.5, 0.6) is 5.75 Å². The Morgan fingerprint density at radius 1 is 0.795 bits per heavy atom. The van der Waals surface area contributed by atoms with Crippen LogP contribution in [0, 0.1) is 0 Å². The summed E-state index contributed by atoms with van der Waals surface area (Å²) in [6, 6.07) is 24.0. The lowest BCUT2D eigenvalue weighted by Gasteiger charge is -2.42. The number of imide groups is 1. The fourth-order valence-electron chi connectivity index (χ4n) is 10.2. The van der Waals surface area contributed by atoms with E-state index < -0.39 is 17.5 Å². The van der Waals surface area contributed by atoms with Crippen molar-refractivity contribution < 1.29 is 42.9 Å². The highest BCUT2D eigenvalue weighted by molar-refractivity contribution is 6.07. The first kappa shape index (κ1) is 57.2. The average Bonchev–Trinajstić information content (AvgIpc) is 3.87. The number of piperidine rings is 2. The molecule has 3 atom stereocenters. The minimum atomic E-state index is -0.705. The van der Waals surface area contributed by atoms with Gasteiger partial charge in [0.05, 0.1) is 50.7 Å². The molecule has 0 spiro atoms. The molecule has 18 nitrogen and oxygen atoms in total. The first-order valence-corrected chi connectivity index (χ1v) is 28.0. The smallest absolute Gasteiger partial charge is 0.255 e. The highest BCUT2D eigenvalue weighted by atomic mass is 16.5. The van der Waals surface area contributed by atoms with Gasteiger partial charge in [-0.3, -0.25) is 39.3 Å². The number of carbonyl (C=O) groups is 5. The third kappa shape index (κ3) is 16.1. The van der Waals surface area contributed by atoms with Gasteiger partial charge in [-0.15, -0.1) is 0 Å². The Labute approximate surface area is 458 Å². The van der Waals surface area contributed by atoms with Gasteiger partial charge in [0, 0.05) is 84.3 Å². The predicted octanol–water partition coefficient (Wildman–Crippen LogP) is 7.88. The number of carbonyl (C=O) groups excluding carboxylic acids is 5. The molecular weight excluding hydrogens is 991 g/mol. The van der Waals surface area contributed by atoms with Crippen LogP contribution in [0.4, 0.5) is 11.4 Å². The predicted molar refractivity (Wildman–Crippen MR) is 300 cm³/mol. The van der Waals surface area contributed by atoms with Gasteiger partial charge < -0.3 is 50.4 Å². The molecule has 8 rings (SSSR count). The van der Waals surface area contributed by atoms with E-state index in [0.29, 0.717) is 81.5 Å². The number of rotatable bonds is 30. The van der Waals surface area contributed by atoms with Crippen molar-refractivity contribution >= 4 is 52.4 Å². The number of amides is 5. The molecule has 2 fully saturated rings. The number of unbranched alkanes of at least 4 members (excludes halogenated alkanes) is 5. The number of nitrogens with one attached hydrogen (secondary N) is 6. The van der Waals surface area contributed by atoms with Gasteiger partial charge in [-0.25, -0.2) is 0 Å². The molecule has 5 amide bonds. The van der Waals surface area contributed by atoms with E-state index in [-0.39, 0.29) is 55.1 Å². The highest BCUT2D eigenvalue weighted by Crippen LogP contribution is 2.34. The van der Waals surface area contributed by atoms with E-state index in [1.807, 2.05) is 80.0 Å². The van der Waals surface area contributed by atoms with Crippen molar-refractivity contribution in [1.82, 2.24) is 31.2 Å². The quantitative estimate of drug-likeness (QED) is 0.0216. The second kappa shape index (κ2) is 29.1. The number of aromatic nitrogens is 1. The molecule has 4 aliphatic rings. The van der Waals surface area contributed by atoms with Crippen LogP contribution in [-0.2, 0) is 35.1 Å². The molecular formula is C60H77N9O9. The number of nitrogens with zero attached hydrogens (tertiary/aromatic N) is 3. The lowest BCUT2D eigenvalue weighted by Crippen LogP contribution is -2.58. The monoisotopic (exact) mass is 1070 g/mol. The van der Waals surface area contributed by atoms with Gasteiger partial charge in [0.15, 0.2) is 0 Å². The molecule has 0 aliphatic carbocycles. The number of hydrogen-bond acceptors (Lipinski definition) is 14. The number of amidine groups is 1. The maximum Gasteiger partial charge on any atom is 0.255 e. The minimum Gasteiger partial charge on any atom is -0.494 e. The molecule has 6 N–H and O–H groups in total. The zero-order chi connectivity index (χ0) is 54.5. The van der Waals surface area contributed by atoms with E-state index in [1.165, 1.54) is 4.90 Å². The van der Waals surface area contributed by atoms with Crippen molar-refractivity contribution in [3.63, 3.8) is 0 Å². The first-order chi connectivity index (χ1) is 38.1. The van der Waals surface area contributed by atoms with Crippen molar-refractivity contribution in [3.8, 4) is 5.75 Å². The van der Waals surface area contributed by atoms with Crippen molar-refractivity contribution in [2.24, 2.45) is 4.99 Å². The molecule has 18 heteroatoms. The minimum absolute atomic E-state index is 0.0567. The standard InChI is InChI=1S/C60H77N9O9/c1-3-46-40-52(44-24-28-61-29-25-44)66-59(64-46)60(26-30-62-31-27-60)68-47-14-11-13-45(39-47)56(72)63-42(2)43-18-20-48(21-19-43)78-34-10-5-4-8-32-75-35-37-77-38-36-76-33-9-6-7-17-54(70)65-51-16-12-15-49-50(51)41-69(58(49)74)53-22-23-55(71)67-57(53)73/h11-16,18-21,24-25,28-29,39-40,42,46,53,62,68H,3-10,17,22-23,26-27,30-38,41H2,1-2H3,(H,63,72)(H,64,66)(H,65,70)(H,67,71,73)/t42-,46?,53?/m0/s1. The molecule has 4 aliphatic heterocycles. The van der Waals surface area contributed by atoms with E-state index >= 15 is 0 Å². The molecule has 5 heterocycles. The fourth-order valence-corrected chi connectivity index (χ4v) is 10.2. The maximum atomic E-state index is 13.6. The van der Waals surface area contributed by atoms with Gasteiger partial charge in [-0.2, -0.15) is 0 Å². The molecule has 78 heavy (non-hydrogen) atoms. The Hall–Kier alpha value is -6.99. The van der Waals surface area contributed by atoms with Crippen LogP contribution in [-0.4, -0.2) is 122 Å². The molecule has 0 radical (unpaired) electrons. The first-order valence-electron chi connectivity index (χ1n) is 28.0. The van der Waals surface area contributed by atoms with Crippen LogP contribution in [0.3, 0.4) is 0 Å². The molecule has 0 saturated carbocycles. The number of pyridine rings is 1. The topological polar surface area (TPSA) is 223 Å². The van der Waals surface area contributed by atoms with E-state index in [1.54, 1.807) is 18.2 Å². The van der Waals surface area contributed by atoms with Crippen LogP contribution < -0.4 is 36.6 Å². The number of ether oxygens (including phenoxy) is 4. The van der Waals surface area contributed by atoms with Gasteiger partial charge in [0.25, 0.3) is 11.8 Å². The number of aliphatic imine (C=N–C) groups is 1. The summed E-state index contributed by atoms with van der Waals surface area (Å²) in [7, 11) is 0. The summed E-state index contributed by atoms with van der Waals surface area (Å²) in [5.41, 5.74) is 5.85. The summed E-state index contributed by atoms with van der Waals surface area (Å²) in [5, 5.41) is 19.5. The number of benzene rings is 3. The Morgan fingerprint density at radius 2 is 1.49 bits per heavy atom. The highest BCUT2D eigenvalue weighted by Gasteiger charge is 2.41. The fraction of sp³-hybridized carbons (Fsp3) is 0.483. The van der Waals surface area contributed by atoms with E-state index in [0.717, 1.165) is 105 Å². The molecule has 4 aromatic rings. The molecule has 2 saturated heterocycles. The summed E-state index contributed by atoms with van der Waals surface area (Å²) < 4.78 is 23.1. The zero-order valence-corrected chi connectivity index (χ0v) is 45.2. The summed E-state index contributed by atoms with van der Waals surface area (Å²) in [4.78, 5) is 74.3. The number of hydrogen-bond donors (Lipinski definition) is 6. The normalized spacial score (nSPS) is 18.2. The van der Waals surface area contributed by atoms with Gasteiger partial charge in [0.1, 0.15) is 17.6 Å². The van der Waals surface area contributed by atoms with Crippen LogP contribution in [0.15, 0.2) is 102 Å². The van der Waals surface area contributed by atoms with E-state index in [4.69, 9.17) is 23.9 Å². The Kier molecular flexibility index (Phi) is 21.3. The van der Waals surface area contributed by atoms with Crippen molar-refractivity contribution in [3.05, 3.63) is 125 Å². The third-order valence-corrected chi connectivity index (χ3v) is 14.7. The second-order valence-electron chi connectivity index (χ2n) is 20.4. The Bertz CT molecular complexity index is 2710. The van der Waals surface area contributed by atoms with Crippen molar-refractivity contribution in [2.45, 2.75) is 128 Å². The van der Waals surface area contributed by atoms with Crippen LogP contribution >= 0.6 is 0 Å². The summed E-state index contributed by atoms with van der Waals surface area (Å²) in [6.07, 6.45) is 15.6. The summed E-state index contributed by atoms with van der Waals surface area (Å²) in [5.74, 6) is 0.386. The van der Waals surface area contributed by atoms with Gasteiger partial charge in [0.2, 0.25) is 17.7 Å². The van der Waals surface area contributed by atoms with Gasteiger partial charge >= 0.3 is 0 Å². The van der Waals surface area contributed by atoms with Gasteiger partial charge in [-0.05, 0) is 144 Å². The third-order valence-electron chi connectivity index (χ3n) is 14.7. The van der Waals surface area contributed by atoms with Gasteiger partial charge in [-0.1, -0.05) is 44.0 Å². The SMILES string of the molecule is CCC1C=C(c2ccncc2)NC(C2(Nc3cccc(C(=O)N[C@@H](C)c4ccc(OCCCCCCOCCOCCOCCCCCC(=O)Nc5cccc6c5CN(C5CCC(=O)NC5=O)C6=O)cc4)c3)CCNCC2)=N1. The lowest BCUT2D eigenvalue weighted by atomic mass is 9.85. The van der Waals surface area contributed by atoms with Crippen LogP contribution in [0.1, 0.15) is 141 Å². The summed E-state index contributed by atoms with van der Waals surface area (Å²) >= 11 is 0. The number of fused-ring (bicyclic) bond motifs is 1. The molecule has 416 valence electrons. The van der Waals surface area contributed by atoms with Crippen molar-refractivity contribution in [2.75, 3.05) is 70.0 Å². The van der Waals surface area contributed by atoms with E-state index in [2.05, 4.69) is 49.9 Å².